The first kappa shape index (κ1) is 17.4. The van der Waals surface area contributed by atoms with Crippen LogP contribution in [0.4, 0.5) is 0 Å². The highest BCUT2D eigenvalue weighted by atomic mass is 16.4. The van der Waals surface area contributed by atoms with E-state index in [1.165, 1.54) is 0 Å². The van der Waals surface area contributed by atoms with Crippen LogP contribution in [0.25, 0.3) is 6.08 Å². The summed E-state index contributed by atoms with van der Waals surface area (Å²) in [5.74, 6) is 2.08. The number of rotatable bonds is 6. The van der Waals surface area contributed by atoms with Gasteiger partial charge in [-0.25, -0.2) is 4.98 Å². The molecular formula is C18H25N5O2. The van der Waals surface area contributed by atoms with Gasteiger partial charge in [0.05, 0.1) is 18.9 Å². The summed E-state index contributed by atoms with van der Waals surface area (Å²) in [6.45, 7) is 2.21. The second kappa shape index (κ2) is 8.11. The third-order valence-electron chi connectivity index (χ3n) is 4.39. The lowest BCUT2D eigenvalue weighted by atomic mass is 9.94. The predicted molar refractivity (Wildman–Crippen MR) is 94.5 cm³/mol. The summed E-state index contributed by atoms with van der Waals surface area (Å²) in [5.41, 5.74) is 0.933. The van der Waals surface area contributed by atoms with Crippen molar-refractivity contribution in [2.45, 2.75) is 25.8 Å². The molecule has 1 atom stereocenters. The summed E-state index contributed by atoms with van der Waals surface area (Å²) in [5, 5.41) is 7.13. The molecule has 2 aromatic heterocycles. The number of nitrogens with one attached hydrogen (secondary N) is 1. The number of hydrogen-bond acceptors (Lipinski definition) is 5. The quantitative estimate of drug-likeness (QED) is 0.807. The summed E-state index contributed by atoms with van der Waals surface area (Å²) in [7, 11) is 3.73. The number of aryl methyl sites for hydroxylation is 1. The van der Waals surface area contributed by atoms with Gasteiger partial charge in [-0.1, -0.05) is 0 Å². The molecule has 0 spiro atoms. The van der Waals surface area contributed by atoms with E-state index < -0.39 is 0 Å². The van der Waals surface area contributed by atoms with Gasteiger partial charge in [-0.2, -0.15) is 5.10 Å². The van der Waals surface area contributed by atoms with Crippen molar-refractivity contribution in [1.29, 1.82) is 0 Å². The van der Waals surface area contributed by atoms with Gasteiger partial charge in [0.1, 0.15) is 5.76 Å². The van der Waals surface area contributed by atoms with Crippen molar-refractivity contribution in [1.82, 2.24) is 25.0 Å². The van der Waals surface area contributed by atoms with E-state index in [0.29, 0.717) is 18.4 Å². The number of amides is 1. The molecule has 7 heteroatoms. The van der Waals surface area contributed by atoms with Gasteiger partial charge in [-0.3, -0.25) is 9.48 Å². The molecule has 0 aromatic carbocycles. The Bertz CT molecular complexity index is 733. The molecule has 1 saturated heterocycles. The summed E-state index contributed by atoms with van der Waals surface area (Å²) in [6, 6.07) is 0. The zero-order valence-electron chi connectivity index (χ0n) is 14.8. The van der Waals surface area contributed by atoms with Crippen LogP contribution in [0, 0.1) is 5.92 Å². The smallest absolute Gasteiger partial charge is 0.246 e. The van der Waals surface area contributed by atoms with E-state index >= 15 is 0 Å². The normalized spacial score (nSPS) is 18.2. The molecule has 25 heavy (non-hydrogen) atoms. The van der Waals surface area contributed by atoms with Gasteiger partial charge in [0.25, 0.3) is 0 Å². The summed E-state index contributed by atoms with van der Waals surface area (Å²) < 4.78 is 7.45. The molecule has 0 saturated carbocycles. The maximum absolute atomic E-state index is 12.4. The van der Waals surface area contributed by atoms with E-state index in [4.69, 9.17) is 4.42 Å². The van der Waals surface area contributed by atoms with Gasteiger partial charge in [0.2, 0.25) is 11.8 Å². The van der Waals surface area contributed by atoms with E-state index in [1.54, 1.807) is 23.2 Å². The molecular weight excluding hydrogens is 318 g/mol. The maximum Gasteiger partial charge on any atom is 0.246 e. The number of carbonyl (C=O) groups excluding carboxylic acids is 1. The summed E-state index contributed by atoms with van der Waals surface area (Å²) in [4.78, 5) is 18.6. The van der Waals surface area contributed by atoms with Crippen molar-refractivity contribution in [3.05, 3.63) is 41.9 Å². The molecule has 1 aliphatic rings. The van der Waals surface area contributed by atoms with Crippen molar-refractivity contribution >= 4 is 12.0 Å². The van der Waals surface area contributed by atoms with Crippen LogP contribution in [0.15, 0.2) is 29.1 Å². The molecule has 1 aliphatic heterocycles. The molecule has 0 bridgehead atoms. The fourth-order valence-corrected chi connectivity index (χ4v) is 3.19. The average molecular weight is 343 g/mol. The molecule has 1 amide bonds. The second-order valence-corrected chi connectivity index (χ2v) is 6.53. The zero-order valence-corrected chi connectivity index (χ0v) is 14.8. The van der Waals surface area contributed by atoms with Crippen LogP contribution in [-0.4, -0.2) is 45.7 Å². The molecule has 3 rings (SSSR count). The fraction of sp³-hybridized carbons (Fsp3) is 0.500. The van der Waals surface area contributed by atoms with Crippen molar-refractivity contribution in [3.63, 3.8) is 0 Å². The van der Waals surface area contributed by atoms with E-state index in [2.05, 4.69) is 15.4 Å². The SMILES string of the molecule is CNCc1ncc(C[C@@H]2CCCN(C(=O)/C=C/c3cnn(C)c3)C2)o1. The van der Waals surface area contributed by atoms with Gasteiger partial charge >= 0.3 is 0 Å². The predicted octanol–water partition coefficient (Wildman–Crippen LogP) is 1.62. The number of aromatic nitrogens is 3. The minimum atomic E-state index is 0.0574. The van der Waals surface area contributed by atoms with Crippen LogP contribution in [0.2, 0.25) is 0 Å². The highest BCUT2D eigenvalue weighted by Crippen LogP contribution is 2.21. The lowest BCUT2D eigenvalue weighted by Crippen LogP contribution is -2.39. The number of oxazole rings is 1. The van der Waals surface area contributed by atoms with E-state index in [9.17, 15) is 4.79 Å². The van der Waals surface area contributed by atoms with Crippen LogP contribution >= 0.6 is 0 Å². The molecule has 1 fully saturated rings. The van der Waals surface area contributed by atoms with Gasteiger partial charge in [0, 0.05) is 44.4 Å². The van der Waals surface area contributed by atoms with Gasteiger partial charge in [-0.15, -0.1) is 0 Å². The third kappa shape index (κ3) is 4.79. The minimum absolute atomic E-state index is 0.0574. The Morgan fingerprint density at radius 3 is 3.12 bits per heavy atom. The largest absolute Gasteiger partial charge is 0.444 e. The second-order valence-electron chi connectivity index (χ2n) is 6.53. The lowest BCUT2D eigenvalue weighted by molar-refractivity contribution is -0.127. The van der Waals surface area contributed by atoms with Crippen LogP contribution < -0.4 is 5.32 Å². The van der Waals surface area contributed by atoms with Crippen LogP contribution in [-0.2, 0) is 24.8 Å². The summed E-state index contributed by atoms with van der Waals surface area (Å²) >= 11 is 0. The third-order valence-corrected chi connectivity index (χ3v) is 4.39. The molecule has 0 aliphatic carbocycles. The molecule has 2 aromatic rings. The van der Waals surface area contributed by atoms with Crippen molar-refractivity contribution in [3.8, 4) is 0 Å². The molecule has 1 N–H and O–H groups in total. The molecule has 7 nitrogen and oxygen atoms in total. The van der Waals surface area contributed by atoms with Gasteiger partial charge < -0.3 is 14.6 Å². The Labute approximate surface area is 147 Å². The standard InChI is InChI=1S/C18H25N5O2/c1-19-11-17-20-10-16(25-17)8-14-4-3-7-23(13-14)18(24)6-5-15-9-21-22(2)12-15/h5-6,9-10,12,14,19H,3-4,7-8,11,13H2,1-2H3/b6-5+/t14-/m0/s1. The van der Waals surface area contributed by atoms with Crippen molar-refractivity contribution in [2.24, 2.45) is 13.0 Å². The molecule has 0 unspecified atom stereocenters. The van der Waals surface area contributed by atoms with Crippen molar-refractivity contribution in [2.75, 3.05) is 20.1 Å². The van der Waals surface area contributed by atoms with E-state index in [-0.39, 0.29) is 5.91 Å². The van der Waals surface area contributed by atoms with Crippen LogP contribution in [0.5, 0.6) is 0 Å². The number of likely N-dealkylation sites (tertiary alicyclic amines) is 1. The van der Waals surface area contributed by atoms with Gasteiger partial charge in [0.15, 0.2) is 0 Å². The van der Waals surface area contributed by atoms with E-state index in [0.717, 1.165) is 43.7 Å². The molecule has 3 heterocycles. The highest BCUT2D eigenvalue weighted by molar-refractivity contribution is 5.91. The topological polar surface area (TPSA) is 76.2 Å². The first-order chi connectivity index (χ1) is 12.1. The summed E-state index contributed by atoms with van der Waals surface area (Å²) in [6.07, 6.45) is 11.8. The Hall–Kier alpha value is -2.41. The van der Waals surface area contributed by atoms with Crippen LogP contribution in [0.1, 0.15) is 30.1 Å². The fourth-order valence-electron chi connectivity index (χ4n) is 3.19. The molecule has 0 radical (unpaired) electrons. The number of hydrogen-bond donors (Lipinski definition) is 1. The average Bonchev–Trinajstić information content (AvgIpc) is 3.22. The first-order valence-corrected chi connectivity index (χ1v) is 8.68. The monoisotopic (exact) mass is 343 g/mol. The maximum atomic E-state index is 12.4. The Kier molecular flexibility index (Phi) is 5.65. The zero-order chi connectivity index (χ0) is 17.6. The van der Waals surface area contributed by atoms with Crippen molar-refractivity contribution < 1.29 is 9.21 Å². The Balaban J connectivity index is 1.54. The Morgan fingerprint density at radius 1 is 1.48 bits per heavy atom. The number of nitrogens with zero attached hydrogens (tertiary/aromatic N) is 4. The highest BCUT2D eigenvalue weighted by Gasteiger charge is 2.23. The number of piperidine rings is 1. The van der Waals surface area contributed by atoms with Crippen LogP contribution in [0.3, 0.4) is 0 Å². The lowest BCUT2D eigenvalue weighted by Gasteiger charge is -2.31. The molecule has 134 valence electrons. The Morgan fingerprint density at radius 2 is 2.36 bits per heavy atom. The minimum Gasteiger partial charge on any atom is -0.444 e. The first-order valence-electron chi connectivity index (χ1n) is 8.68. The van der Waals surface area contributed by atoms with Gasteiger partial charge in [-0.05, 0) is 31.9 Å². The number of carbonyl (C=O) groups is 1. The van der Waals surface area contributed by atoms with E-state index in [1.807, 2.05) is 31.3 Å².